The Morgan fingerprint density at radius 2 is 1.49 bits per heavy atom. The summed E-state index contributed by atoms with van der Waals surface area (Å²) in [6.45, 7) is 15.6. The van der Waals surface area contributed by atoms with Crippen molar-refractivity contribution in [1.29, 1.82) is 0 Å². The molecule has 0 saturated carbocycles. The number of benzene rings is 1. The van der Waals surface area contributed by atoms with Crippen molar-refractivity contribution < 1.29 is 32.2 Å². The van der Waals surface area contributed by atoms with Gasteiger partial charge in [-0.2, -0.15) is 13.0 Å². The zero-order valence-electron chi connectivity index (χ0n) is 29.4. The van der Waals surface area contributed by atoms with E-state index in [2.05, 4.69) is 151 Å². The van der Waals surface area contributed by atoms with Crippen LogP contribution in [0.2, 0.25) is 0 Å². The molecule has 2 N–H and O–H groups in total. The molecule has 0 aliphatic carbocycles. The van der Waals surface area contributed by atoms with E-state index < -0.39 is 16.1 Å². The Labute approximate surface area is 334 Å². The maximum atomic E-state index is 11.6. The smallest absolute Gasteiger partial charge is 0.303 e. The summed E-state index contributed by atoms with van der Waals surface area (Å²) in [4.78, 5) is 11.1. The van der Waals surface area contributed by atoms with Crippen LogP contribution >= 0.6 is 67.8 Å². The summed E-state index contributed by atoms with van der Waals surface area (Å²) in [7, 11) is -4.09. The van der Waals surface area contributed by atoms with Gasteiger partial charge < -0.3 is 9.84 Å². The number of ether oxygens (including phenoxy) is 1. The third-order valence-electron chi connectivity index (χ3n) is 8.47. The molecule has 0 amide bonds. The molecule has 1 unspecified atom stereocenters. The standard InChI is InChI=1S/C38H48I3NO6S/c1-36(2,3)30-23-26(24-31(48-30)37(4,5)6)17-12-9-8-10-13-18-29-38(7,20-15-11-14-19-32(43)44)33-28(25-27(39)34(40)35(33)41)42(29)21-16-22-49(45,46)47/h8-10,12-13,17-18,23-25H,11,14-16,19-22H2,1-7H3,(H-,43,44,45,46,47)/p+1. The normalized spacial score (nSPS) is 18.8. The summed E-state index contributed by atoms with van der Waals surface area (Å²) in [6.07, 6.45) is 21.9. The number of nitrogens with zero attached hydrogens (tertiary/aromatic N) is 1. The maximum absolute atomic E-state index is 11.6. The fourth-order valence-corrected chi connectivity index (χ4v) is 9.01. The Kier molecular flexibility index (Phi) is 15.0. The van der Waals surface area contributed by atoms with E-state index in [1.807, 2.05) is 30.4 Å². The van der Waals surface area contributed by atoms with Gasteiger partial charge in [0.15, 0.2) is 5.71 Å². The Hall–Kier alpha value is -1.30. The monoisotopic (exact) mass is 1030 g/mol. The van der Waals surface area contributed by atoms with Crippen molar-refractivity contribution in [1.82, 2.24) is 0 Å². The van der Waals surface area contributed by atoms with Crippen molar-refractivity contribution in [3.63, 3.8) is 0 Å². The minimum Gasteiger partial charge on any atom is -0.481 e. The molecule has 2 aliphatic rings. The SMILES string of the molecule is CC(C)(C)C1=CC(=CC=CC=CC=CC2=[N+](CCCS(=O)(=O)O)c3cc(I)c(I)c(I)c3C2(C)CCCCCC(=O)O)C=C(C(C)(C)C)O1. The first-order valence-corrected chi connectivity index (χ1v) is 21.3. The highest BCUT2D eigenvalue weighted by molar-refractivity contribution is 14.1. The van der Waals surface area contributed by atoms with Gasteiger partial charge in [-0.05, 0) is 105 Å². The van der Waals surface area contributed by atoms with Gasteiger partial charge in [0, 0.05) is 46.5 Å². The molecule has 0 bridgehead atoms. The molecule has 0 spiro atoms. The van der Waals surface area contributed by atoms with Crippen LogP contribution in [0, 0.1) is 21.5 Å². The molecule has 1 aromatic carbocycles. The number of rotatable bonds is 14. The van der Waals surface area contributed by atoms with Gasteiger partial charge in [-0.1, -0.05) is 90.8 Å². The van der Waals surface area contributed by atoms with Gasteiger partial charge >= 0.3 is 5.97 Å². The molecule has 1 aromatic rings. The Morgan fingerprint density at radius 3 is 2.06 bits per heavy atom. The van der Waals surface area contributed by atoms with Crippen molar-refractivity contribution in [3.05, 3.63) is 94.1 Å². The summed E-state index contributed by atoms with van der Waals surface area (Å²) in [5, 5.41) is 9.13. The Bertz CT molecular complexity index is 1720. The van der Waals surface area contributed by atoms with Crippen molar-refractivity contribution in [2.24, 2.45) is 10.8 Å². The van der Waals surface area contributed by atoms with Crippen LogP contribution in [-0.4, -0.2) is 46.6 Å². The van der Waals surface area contributed by atoms with Gasteiger partial charge in [-0.15, -0.1) is 0 Å². The van der Waals surface area contributed by atoms with Crippen molar-refractivity contribution in [2.45, 2.75) is 92.4 Å². The topological polar surface area (TPSA) is 104 Å². The second-order valence-corrected chi connectivity index (χ2v) is 19.7. The van der Waals surface area contributed by atoms with E-state index in [1.165, 1.54) is 12.7 Å². The van der Waals surface area contributed by atoms with E-state index in [0.717, 1.165) is 51.3 Å². The summed E-state index contributed by atoms with van der Waals surface area (Å²) in [5.41, 5.74) is 3.80. The Morgan fingerprint density at radius 1 is 0.898 bits per heavy atom. The zero-order chi connectivity index (χ0) is 36.8. The molecule has 0 aromatic heterocycles. The predicted octanol–water partition coefficient (Wildman–Crippen LogP) is 10.7. The molecule has 3 rings (SSSR count). The van der Waals surface area contributed by atoms with Crippen LogP contribution in [0.3, 0.4) is 0 Å². The van der Waals surface area contributed by atoms with Gasteiger partial charge in [-0.3, -0.25) is 9.35 Å². The number of hydrogen-bond donors (Lipinski definition) is 2. The van der Waals surface area contributed by atoms with Crippen LogP contribution in [0.25, 0.3) is 0 Å². The number of allylic oxidation sites excluding steroid dienone is 12. The van der Waals surface area contributed by atoms with E-state index >= 15 is 0 Å². The zero-order valence-corrected chi connectivity index (χ0v) is 36.7. The Balaban J connectivity index is 1.97. The third kappa shape index (κ3) is 11.9. The molecule has 49 heavy (non-hydrogen) atoms. The lowest BCUT2D eigenvalue weighted by Crippen LogP contribution is -2.32. The van der Waals surface area contributed by atoms with E-state index in [1.54, 1.807) is 0 Å². The number of carboxylic acid groups (broad SMARTS) is 1. The lowest BCUT2D eigenvalue weighted by molar-refractivity contribution is -0.437. The highest BCUT2D eigenvalue weighted by atomic mass is 127. The average molecular weight is 1030 g/mol. The van der Waals surface area contributed by atoms with Crippen molar-refractivity contribution in [2.75, 3.05) is 12.3 Å². The van der Waals surface area contributed by atoms with Gasteiger partial charge in [-0.25, -0.2) is 0 Å². The predicted molar refractivity (Wildman–Crippen MR) is 225 cm³/mol. The fraction of sp³-hybridized carbons (Fsp3) is 0.474. The first-order chi connectivity index (χ1) is 22.6. The van der Waals surface area contributed by atoms with Crippen LogP contribution in [0.5, 0.6) is 0 Å². The number of aliphatic carboxylic acids is 1. The molecule has 1 atom stereocenters. The van der Waals surface area contributed by atoms with Crippen LogP contribution in [0.1, 0.15) is 92.6 Å². The quantitative estimate of drug-likeness (QED) is 0.0481. The molecule has 268 valence electrons. The minimum absolute atomic E-state index is 0.113. The van der Waals surface area contributed by atoms with Gasteiger partial charge in [0.2, 0.25) is 5.69 Å². The van der Waals surface area contributed by atoms with Crippen LogP contribution in [0.15, 0.2) is 77.8 Å². The summed E-state index contributed by atoms with van der Waals surface area (Å²) in [5.74, 6) is 0.791. The molecule has 2 heterocycles. The number of unbranched alkanes of at least 4 members (excludes halogenated alkanes) is 2. The van der Waals surface area contributed by atoms with Crippen LogP contribution in [-0.2, 0) is 25.1 Å². The van der Waals surface area contributed by atoms with Gasteiger partial charge in [0.05, 0.1) is 16.7 Å². The third-order valence-corrected chi connectivity index (χ3v) is 14.4. The minimum atomic E-state index is -4.09. The van der Waals surface area contributed by atoms with E-state index in [4.69, 9.17) is 9.84 Å². The molecule has 11 heteroatoms. The highest BCUT2D eigenvalue weighted by Crippen LogP contribution is 2.48. The summed E-state index contributed by atoms with van der Waals surface area (Å²) < 4.78 is 44.6. The second kappa shape index (κ2) is 17.5. The average Bonchev–Trinajstić information content (AvgIpc) is 3.20. The second-order valence-electron chi connectivity index (χ2n) is 14.8. The van der Waals surface area contributed by atoms with Crippen molar-refractivity contribution >= 4 is 95.3 Å². The molecule has 7 nitrogen and oxygen atoms in total. The van der Waals surface area contributed by atoms with E-state index in [-0.39, 0.29) is 34.8 Å². The first kappa shape index (κ1) is 42.1. The number of carboxylic acids is 1. The van der Waals surface area contributed by atoms with Crippen LogP contribution in [0.4, 0.5) is 5.69 Å². The maximum Gasteiger partial charge on any atom is 0.303 e. The molecule has 0 radical (unpaired) electrons. The number of halogens is 3. The first-order valence-electron chi connectivity index (χ1n) is 16.5. The highest BCUT2D eigenvalue weighted by Gasteiger charge is 2.49. The number of fused-ring (bicyclic) bond motifs is 1. The molecular formula is C38H49I3NO6S+. The number of carbonyl (C=O) groups is 1. The molecule has 2 aliphatic heterocycles. The van der Waals surface area contributed by atoms with E-state index in [9.17, 15) is 17.8 Å². The molecule has 0 saturated heterocycles. The molecular weight excluding hydrogens is 979 g/mol. The van der Waals surface area contributed by atoms with E-state index in [0.29, 0.717) is 13.0 Å². The largest absolute Gasteiger partial charge is 0.481 e. The molecule has 0 fully saturated rings. The lowest BCUT2D eigenvalue weighted by atomic mass is 9.75. The fourth-order valence-electron chi connectivity index (χ4n) is 5.84. The van der Waals surface area contributed by atoms with Crippen molar-refractivity contribution in [3.8, 4) is 0 Å². The number of hydrogen-bond acceptors (Lipinski definition) is 4. The van der Waals surface area contributed by atoms with Gasteiger partial charge in [0.25, 0.3) is 10.1 Å². The lowest BCUT2D eigenvalue weighted by Gasteiger charge is -2.32. The van der Waals surface area contributed by atoms with Crippen LogP contribution < -0.4 is 0 Å². The van der Waals surface area contributed by atoms with Gasteiger partial charge in [0.1, 0.15) is 18.1 Å². The summed E-state index contributed by atoms with van der Waals surface area (Å²) >= 11 is 7.16. The summed E-state index contributed by atoms with van der Waals surface area (Å²) in [6, 6.07) is 2.16.